The molecule has 3 heterocycles. The second kappa shape index (κ2) is 12.7. The summed E-state index contributed by atoms with van der Waals surface area (Å²) in [5, 5.41) is 7.47. The van der Waals surface area contributed by atoms with Crippen LogP contribution in [0.1, 0.15) is 36.0 Å². The molecule has 0 saturated carbocycles. The van der Waals surface area contributed by atoms with E-state index in [1.165, 1.54) is 4.90 Å². The second-order valence-electron chi connectivity index (χ2n) is 10.8. The number of piperidine rings is 1. The number of nitrogens with zero attached hydrogens (tertiary/aromatic N) is 1. The molecule has 2 aromatic heterocycles. The van der Waals surface area contributed by atoms with Gasteiger partial charge in [0.25, 0.3) is 0 Å². The highest BCUT2D eigenvalue weighted by atomic mass is 35.5. The van der Waals surface area contributed by atoms with E-state index in [9.17, 15) is 19.2 Å². The van der Waals surface area contributed by atoms with Gasteiger partial charge in [-0.15, -0.1) is 11.6 Å². The van der Waals surface area contributed by atoms with E-state index >= 15 is 0 Å². The van der Waals surface area contributed by atoms with Gasteiger partial charge in [-0.3, -0.25) is 19.2 Å². The van der Waals surface area contributed by atoms with Crippen LogP contribution in [0.4, 0.5) is 0 Å². The molecule has 220 valence electrons. The van der Waals surface area contributed by atoms with Gasteiger partial charge in [-0.05, 0) is 48.9 Å². The lowest BCUT2D eigenvalue weighted by atomic mass is 9.97. The Kier molecular flexibility index (Phi) is 8.82. The minimum atomic E-state index is -0.961. The number of nitrogens with one attached hydrogen (secondary N) is 4. The van der Waals surface area contributed by atoms with Crippen molar-refractivity contribution in [2.24, 2.45) is 5.73 Å². The van der Waals surface area contributed by atoms with Crippen LogP contribution in [0, 0.1) is 6.92 Å². The largest absolute Gasteiger partial charge is 0.368 e. The first-order valence-corrected chi connectivity index (χ1v) is 14.7. The number of halogens is 1. The van der Waals surface area contributed by atoms with Crippen molar-refractivity contribution in [2.75, 3.05) is 12.4 Å². The second-order valence-corrected chi connectivity index (χ2v) is 11.1. The van der Waals surface area contributed by atoms with Gasteiger partial charge in [-0.1, -0.05) is 36.4 Å². The Morgan fingerprint density at radius 2 is 1.67 bits per heavy atom. The highest BCUT2D eigenvalue weighted by molar-refractivity contribution is 6.27. The third-order valence-electron chi connectivity index (χ3n) is 8.04. The molecule has 0 spiro atoms. The fourth-order valence-electron chi connectivity index (χ4n) is 5.86. The van der Waals surface area contributed by atoms with Gasteiger partial charge in [-0.2, -0.15) is 0 Å². The monoisotopic (exact) mass is 590 g/mol. The molecule has 1 saturated heterocycles. The van der Waals surface area contributed by atoms with Gasteiger partial charge >= 0.3 is 0 Å². The fourth-order valence-corrected chi connectivity index (χ4v) is 5.94. The lowest BCUT2D eigenvalue weighted by Crippen LogP contribution is -2.60. The third-order valence-corrected chi connectivity index (χ3v) is 8.28. The van der Waals surface area contributed by atoms with Gasteiger partial charge in [0.2, 0.25) is 23.6 Å². The number of H-pyrrole nitrogens is 2. The van der Waals surface area contributed by atoms with E-state index in [4.69, 9.17) is 17.3 Å². The molecule has 5 rings (SSSR count). The summed E-state index contributed by atoms with van der Waals surface area (Å²) in [7, 11) is 0. The van der Waals surface area contributed by atoms with Crippen molar-refractivity contribution < 1.29 is 19.2 Å². The maximum absolute atomic E-state index is 14.0. The van der Waals surface area contributed by atoms with E-state index in [1.54, 1.807) is 6.20 Å². The van der Waals surface area contributed by atoms with Gasteiger partial charge in [0.15, 0.2) is 0 Å². The zero-order valence-electron chi connectivity index (χ0n) is 23.4. The number of hydrogen-bond acceptors (Lipinski definition) is 4. The first-order chi connectivity index (χ1) is 20.3. The number of aromatic amines is 2. The van der Waals surface area contributed by atoms with E-state index < -0.39 is 35.8 Å². The van der Waals surface area contributed by atoms with Gasteiger partial charge in [0, 0.05) is 53.6 Å². The quantitative estimate of drug-likeness (QED) is 0.180. The molecule has 2 aromatic carbocycles. The molecule has 1 fully saturated rings. The SMILES string of the molecule is Cc1cccc2c(C[C@H](NC(=O)CCl)C(=O)N3CCCC[C@H]3C(=O)N[C@@H](Cc3c[nH]c4ccccc34)C(N)=O)c[nH]c12. The Morgan fingerprint density at radius 3 is 2.45 bits per heavy atom. The summed E-state index contributed by atoms with van der Waals surface area (Å²) >= 11 is 5.79. The van der Waals surface area contributed by atoms with Crippen LogP contribution in [0.3, 0.4) is 0 Å². The summed E-state index contributed by atoms with van der Waals surface area (Å²) in [4.78, 5) is 60.4. The molecular weight excluding hydrogens is 556 g/mol. The average molecular weight is 591 g/mol. The standard InChI is InChI=1S/C31H35ClN6O4/c1-18-7-6-9-22-20(17-35-28(18)22)14-25(36-27(39)15-32)31(42)38-12-5-4-11-26(38)30(41)37-24(29(33)40)13-19-16-34-23-10-3-2-8-21(19)23/h2-3,6-10,16-17,24-26,34-35H,4-5,11-15H2,1H3,(H2,33,40)(H,36,39)(H,37,41)/t24-,25-,26-/m0/s1. The Morgan fingerprint density at radius 1 is 0.952 bits per heavy atom. The molecule has 1 aliphatic heterocycles. The number of carbonyl (C=O) groups excluding carboxylic acids is 4. The Bertz CT molecular complexity index is 1630. The average Bonchev–Trinajstić information content (AvgIpc) is 3.60. The minimum Gasteiger partial charge on any atom is -0.368 e. The summed E-state index contributed by atoms with van der Waals surface area (Å²) in [6.07, 6.45) is 5.96. The Labute approximate surface area is 248 Å². The predicted molar refractivity (Wildman–Crippen MR) is 162 cm³/mol. The smallest absolute Gasteiger partial charge is 0.246 e. The van der Waals surface area contributed by atoms with Crippen molar-refractivity contribution in [2.45, 2.75) is 57.2 Å². The summed E-state index contributed by atoms with van der Waals surface area (Å²) in [5.41, 5.74) is 10.4. The number of aromatic nitrogens is 2. The maximum atomic E-state index is 14.0. The van der Waals surface area contributed by atoms with Crippen molar-refractivity contribution in [1.29, 1.82) is 0 Å². The highest BCUT2D eigenvalue weighted by Crippen LogP contribution is 2.25. The normalized spacial score (nSPS) is 16.7. The molecule has 0 radical (unpaired) electrons. The zero-order chi connectivity index (χ0) is 29.8. The number of fused-ring (bicyclic) bond motifs is 2. The molecule has 0 unspecified atom stereocenters. The van der Waals surface area contributed by atoms with Gasteiger partial charge in [0.05, 0.1) is 0 Å². The van der Waals surface area contributed by atoms with Gasteiger partial charge < -0.3 is 31.2 Å². The van der Waals surface area contributed by atoms with Crippen LogP contribution in [0.15, 0.2) is 54.9 Å². The fraction of sp³-hybridized carbons (Fsp3) is 0.355. The number of carbonyl (C=O) groups is 4. The van der Waals surface area contributed by atoms with Crippen molar-refractivity contribution in [3.8, 4) is 0 Å². The molecule has 4 aromatic rings. The number of primary amides is 1. The van der Waals surface area contributed by atoms with Crippen LogP contribution in [-0.2, 0) is 32.0 Å². The lowest BCUT2D eigenvalue weighted by Gasteiger charge is -2.37. The van der Waals surface area contributed by atoms with Crippen molar-refractivity contribution in [3.63, 3.8) is 0 Å². The number of amides is 4. The summed E-state index contributed by atoms with van der Waals surface area (Å²) < 4.78 is 0. The predicted octanol–water partition coefficient (Wildman–Crippen LogP) is 2.82. The minimum absolute atomic E-state index is 0.208. The number of benzene rings is 2. The molecule has 11 heteroatoms. The highest BCUT2D eigenvalue weighted by Gasteiger charge is 2.37. The molecule has 0 aliphatic carbocycles. The van der Waals surface area contributed by atoms with Crippen LogP contribution in [-0.4, -0.2) is 69.0 Å². The van der Waals surface area contributed by atoms with Crippen LogP contribution >= 0.6 is 11.6 Å². The maximum Gasteiger partial charge on any atom is 0.246 e. The number of hydrogen-bond donors (Lipinski definition) is 5. The zero-order valence-corrected chi connectivity index (χ0v) is 24.2. The topological polar surface area (TPSA) is 153 Å². The van der Waals surface area contributed by atoms with Crippen LogP contribution < -0.4 is 16.4 Å². The Balaban J connectivity index is 1.36. The number of nitrogens with two attached hydrogens (primary N) is 1. The number of aryl methyl sites for hydroxylation is 1. The first kappa shape index (κ1) is 29.2. The van der Waals surface area contributed by atoms with E-state index in [-0.39, 0.29) is 24.6 Å². The molecule has 6 N–H and O–H groups in total. The molecule has 4 amide bonds. The number of rotatable bonds is 10. The molecule has 42 heavy (non-hydrogen) atoms. The summed E-state index contributed by atoms with van der Waals surface area (Å²) in [6, 6.07) is 10.9. The number of likely N-dealkylation sites (tertiary alicyclic amines) is 1. The first-order valence-electron chi connectivity index (χ1n) is 14.1. The van der Waals surface area contributed by atoms with E-state index in [0.29, 0.717) is 19.4 Å². The summed E-state index contributed by atoms with van der Waals surface area (Å²) in [6.45, 7) is 2.34. The van der Waals surface area contributed by atoms with E-state index in [1.807, 2.05) is 55.6 Å². The number of para-hydroxylation sites is 2. The summed E-state index contributed by atoms with van der Waals surface area (Å²) in [5.74, 6) is -2.25. The van der Waals surface area contributed by atoms with Crippen molar-refractivity contribution in [1.82, 2.24) is 25.5 Å². The molecule has 1 aliphatic rings. The molecule has 10 nitrogen and oxygen atoms in total. The van der Waals surface area contributed by atoms with Crippen molar-refractivity contribution >= 4 is 57.0 Å². The van der Waals surface area contributed by atoms with Gasteiger partial charge in [0.1, 0.15) is 24.0 Å². The van der Waals surface area contributed by atoms with Crippen LogP contribution in [0.5, 0.6) is 0 Å². The number of alkyl halides is 1. The Hall–Kier alpha value is -4.31. The molecule has 0 bridgehead atoms. The van der Waals surface area contributed by atoms with Crippen molar-refractivity contribution in [3.05, 3.63) is 71.5 Å². The van der Waals surface area contributed by atoms with Crippen LogP contribution in [0.2, 0.25) is 0 Å². The molecule has 3 atom stereocenters. The van der Waals surface area contributed by atoms with E-state index in [0.717, 1.165) is 44.9 Å². The van der Waals surface area contributed by atoms with Gasteiger partial charge in [-0.25, -0.2) is 0 Å². The van der Waals surface area contributed by atoms with Crippen LogP contribution in [0.25, 0.3) is 21.8 Å². The van der Waals surface area contributed by atoms with E-state index in [2.05, 4.69) is 20.6 Å². The molecular formula is C31H35ClN6O4. The lowest BCUT2D eigenvalue weighted by molar-refractivity contribution is -0.145. The third kappa shape index (κ3) is 6.13.